The fourth-order valence-electron chi connectivity index (χ4n) is 3.52. The molecule has 2 aromatic rings. The van der Waals surface area contributed by atoms with Crippen LogP contribution in [0.25, 0.3) is 0 Å². The Kier molecular flexibility index (Phi) is 4.22. The van der Waals surface area contributed by atoms with Crippen LogP contribution >= 0.6 is 0 Å². The maximum atomic E-state index is 12.8. The predicted octanol–water partition coefficient (Wildman–Crippen LogP) is 2.35. The number of para-hydroxylation sites is 1. The van der Waals surface area contributed by atoms with Crippen LogP contribution in [0.3, 0.4) is 0 Å². The van der Waals surface area contributed by atoms with Crippen molar-refractivity contribution in [3.8, 4) is 11.5 Å². The number of carbonyl (C=O) groups is 1. The van der Waals surface area contributed by atoms with Gasteiger partial charge < -0.3 is 19.3 Å². The molecule has 0 unspecified atom stereocenters. The molecule has 2 aliphatic heterocycles. The van der Waals surface area contributed by atoms with E-state index in [1.807, 2.05) is 47.4 Å². The number of hydrogen-bond acceptors (Lipinski definition) is 4. The van der Waals surface area contributed by atoms with Crippen LogP contribution in [0.4, 0.5) is 5.69 Å². The second-order valence-corrected chi connectivity index (χ2v) is 6.43. The van der Waals surface area contributed by atoms with Crippen molar-refractivity contribution in [2.24, 2.45) is 0 Å². The molecule has 130 valence electrons. The van der Waals surface area contributed by atoms with Gasteiger partial charge in [0.05, 0.1) is 7.11 Å². The quantitative estimate of drug-likeness (QED) is 0.862. The molecule has 0 aliphatic carbocycles. The lowest BCUT2D eigenvalue weighted by Gasteiger charge is -2.37. The molecule has 5 heteroatoms. The zero-order valence-corrected chi connectivity index (χ0v) is 14.4. The lowest BCUT2D eigenvalue weighted by molar-refractivity contribution is -0.138. The summed E-state index contributed by atoms with van der Waals surface area (Å²) < 4.78 is 11.1. The molecule has 0 aromatic heterocycles. The number of fused-ring (bicyclic) bond motifs is 1. The normalized spacial score (nSPS) is 19.3. The first-order valence-electron chi connectivity index (χ1n) is 8.67. The molecule has 4 rings (SSSR count). The standard InChI is InChI=1S/C20H22N2O3/c1-24-17-7-4-6-16(14-17)21-9-11-22(12-10-21)20(23)19-13-15-5-2-3-8-18(15)25-19/h2-8,14,19H,9-13H2,1H3/t19-/m1/s1. The number of nitrogens with zero attached hydrogens (tertiary/aromatic N) is 2. The molecule has 1 amide bonds. The third-order valence-corrected chi connectivity index (χ3v) is 4.93. The van der Waals surface area contributed by atoms with Gasteiger partial charge in [0.15, 0.2) is 6.10 Å². The summed E-state index contributed by atoms with van der Waals surface area (Å²) in [6.45, 7) is 3.07. The van der Waals surface area contributed by atoms with E-state index >= 15 is 0 Å². The lowest BCUT2D eigenvalue weighted by atomic mass is 10.1. The van der Waals surface area contributed by atoms with Gasteiger partial charge in [-0.1, -0.05) is 24.3 Å². The Labute approximate surface area is 147 Å². The minimum Gasteiger partial charge on any atom is -0.497 e. The van der Waals surface area contributed by atoms with E-state index in [4.69, 9.17) is 9.47 Å². The average Bonchev–Trinajstić information content (AvgIpc) is 3.12. The first-order chi connectivity index (χ1) is 12.2. The number of methoxy groups -OCH3 is 1. The number of hydrogen-bond donors (Lipinski definition) is 0. The highest BCUT2D eigenvalue weighted by Crippen LogP contribution is 2.29. The van der Waals surface area contributed by atoms with E-state index in [1.165, 1.54) is 0 Å². The molecule has 0 saturated carbocycles. The Balaban J connectivity index is 1.36. The van der Waals surface area contributed by atoms with Gasteiger partial charge in [-0.3, -0.25) is 4.79 Å². The van der Waals surface area contributed by atoms with Crippen LogP contribution in [0.1, 0.15) is 5.56 Å². The molecular formula is C20H22N2O3. The number of ether oxygens (including phenoxy) is 2. The van der Waals surface area contributed by atoms with Gasteiger partial charge in [0.2, 0.25) is 0 Å². The smallest absolute Gasteiger partial charge is 0.264 e. The van der Waals surface area contributed by atoms with Crippen molar-refractivity contribution < 1.29 is 14.3 Å². The van der Waals surface area contributed by atoms with E-state index in [9.17, 15) is 4.79 Å². The number of benzene rings is 2. The van der Waals surface area contributed by atoms with Crippen molar-refractivity contribution in [3.63, 3.8) is 0 Å². The van der Waals surface area contributed by atoms with E-state index < -0.39 is 0 Å². The van der Waals surface area contributed by atoms with Crippen LogP contribution in [-0.4, -0.2) is 50.2 Å². The van der Waals surface area contributed by atoms with E-state index in [1.54, 1.807) is 7.11 Å². The number of rotatable bonds is 3. The van der Waals surface area contributed by atoms with Gasteiger partial charge in [-0.25, -0.2) is 0 Å². The predicted molar refractivity (Wildman–Crippen MR) is 96.3 cm³/mol. The number of carbonyl (C=O) groups excluding carboxylic acids is 1. The molecule has 1 atom stereocenters. The molecule has 25 heavy (non-hydrogen) atoms. The lowest BCUT2D eigenvalue weighted by Crippen LogP contribution is -2.52. The van der Waals surface area contributed by atoms with E-state index in [2.05, 4.69) is 11.0 Å². The molecule has 0 bridgehead atoms. The Morgan fingerprint density at radius 1 is 1.08 bits per heavy atom. The Morgan fingerprint density at radius 3 is 2.64 bits per heavy atom. The molecule has 0 N–H and O–H groups in total. The van der Waals surface area contributed by atoms with Gasteiger partial charge in [0.1, 0.15) is 11.5 Å². The fourth-order valence-corrected chi connectivity index (χ4v) is 3.52. The SMILES string of the molecule is COc1cccc(N2CCN(C(=O)[C@H]3Cc4ccccc4O3)CC2)c1. The van der Waals surface area contributed by atoms with Crippen LogP contribution in [0.15, 0.2) is 48.5 Å². The molecule has 2 aromatic carbocycles. The Hall–Kier alpha value is -2.69. The first kappa shape index (κ1) is 15.8. The van der Waals surface area contributed by atoms with Gasteiger partial charge in [0.25, 0.3) is 5.91 Å². The molecule has 0 radical (unpaired) electrons. The van der Waals surface area contributed by atoms with Crippen molar-refractivity contribution >= 4 is 11.6 Å². The second kappa shape index (κ2) is 6.67. The summed E-state index contributed by atoms with van der Waals surface area (Å²) in [6, 6.07) is 16.0. The van der Waals surface area contributed by atoms with Gasteiger partial charge >= 0.3 is 0 Å². The summed E-state index contributed by atoms with van der Waals surface area (Å²) in [5.74, 6) is 1.80. The second-order valence-electron chi connectivity index (χ2n) is 6.43. The topological polar surface area (TPSA) is 42.0 Å². The summed E-state index contributed by atoms with van der Waals surface area (Å²) >= 11 is 0. The molecule has 1 saturated heterocycles. The number of anilines is 1. The van der Waals surface area contributed by atoms with Crippen LogP contribution in [0.2, 0.25) is 0 Å². The van der Waals surface area contributed by atoms with Crippen molar-refractivity contribution in [2.75, 3.05) is 38.2 Å². The van der Waals surface area contributed by atoms with Crippen molar-refractivity contribution in [2.45, 2.75) is 12.5 Å². The van der Waals surface area contributed by atoms with Crippen molar-refractivity contribution in [1.29, 1.82) is 0 Å². The van der Waals surface area contributed by atoms with E-state index in [-0.39, 0.29) is 12.0 Å². The van der Waals surface area contributed by atoms with Crippen LogP contribution in [0.5, 0.6) is 11.5 Å². The average molecular weight is 338 g/mol. The van der Waals surface area contributed by atoms with Gasteiger partial charge in [-0.05, 0) is 23.8 Å². The van der Waals surface area contributed by atoms with Gasteiger partial charge in [-0.2, -0.15) is 0 Å². The minimum absolute atomic E-state index is 0.0986. The summed E-state index contributed by atoms with van der Waals surface area (Å²) in [6.07, 6.45) is 0.297. The monoisotopic (exact) mass is 338 g/mol. The largest absolute Gasteiger partial charge is 0.497 e. The summed E-state index contributed by atoms with van der Waals surface area (Å²) in [5.41, 5.74) is 2.26. The van der Waals surface area contributed by atoms with Gasteiger partial charge in [-0.15, -0.1) is 0 Å². The third-order valence-electron chi connectivity index (χ3n) is 4.93. The highest BCUT2D eigenvalue weighted by atomic mass is 16.5. The summed E-state index contributed by atoms with van der Waals surface area (Å²) in [7, 11) is 1.68. The molecule has 5 nitrogen and oxygen atoms in total. The molecule has 2 heterocycles. The summed E-state index contributed by atoms with van der Waals surface area (Å²) in [5, 5.41) is 0. The van der Waals surface area contributed by atoms with Crippen molar-refractivity contribution in [3.05, 3.63) is 54.1 Å². The van der Waals surface area contributed by atoms with E-state index in [0.29, 0.717) is 19.5 Å². The Morgan fingerprint density at radius 2 is 1.88 bits per heavy atom. The third kappa shape index (κ3) is 3.14. The van der Waals surface area contributed by atoms with Gasteiger partial charge in [0, 0.05) is 44.4 Å². The van der Waals surface area contributed by atoms with E-state index in [0.717, 1.165) is 35.8 Å². The van der Waals surface area contributed by atoms with Crippen molar-refractivity contribution in [1.82, 2.24) is 4.90 Å². The highest BCUT2D eigenvalue weighted by Gasteiger charge is 2.33. The zero-order chi connectivity index (χ0) is 17.2. The fraction of sp³-hybridized carbons (Fsp3) is 0.350. The van der Waals surface area contributed by atoms with Crippen LogP contribution in [0, 0.1) is 0 Å². The molecule has 2 aliphatic rings. The molecular weight excluding hydrogens is 316 g/mol. The maximum absolute atomic E-state index is 12.8. The Bertz CT molecular complexity index is 744. The number of amides is 1. The van der Waals surface area contributed by atoms with Crippen LogP contribution in [-0.2, 0) is 11.2 Å². The van der Waals surface area contributed by atoms with Crippen LogP contribution < -0.4 is 14.4 Å². The summed E-state index contributed by atoms with van der Waals surface area (Å²) in [4.78, 5) is 17.0. The minimum atomic E-state index is -0.374. The number of piperazine rings is 1. The highest BCUT2D eigenvalue weighted by molar-refractivity contribution is 5.83. The molecule has 0 spiro atoms. The maximum Gasteiger partial charge on any atom is 0.264 e. The zero-order valence-electron chi connectivity index (χ0n) is 14.4. The molecule has 1 fully saturated rings. The first-order valence-corrected chi connectivity index (χ1v) is 8.67.